The van der Waals surface area contributed by atoms with E-state index < -0.39 is 5.91 Å². The SMILES string of the molecule is NC(=O)c1cc2ccc3ccccc3c2o1. The number of benzene rings is 2. The van der Waals surface area contributed by atoms with Crippen LogP contribution in [0.2, 0.25) is 0 Å². The van der Waals surface area contributed by atoms with Gasteiger partial charge in [0.05, 0.1) is 0 Å². The van der Waals surface area contributed by atoms with Crippen LogP contribution in [0, 0.1) is 0 Å². The van der Waals surface area contributed by atoms with Gasteiger partial charge < -0.3 is 10.2 Å². The highest BCUT2D eigenvalue weighted by Crippen LogP contribution is 2.27. The van der Waals surface area contributed by atoms with Gasteiger partial charge in [0, 0.05) is 10.8 Å². The van der Waals surface area contributed by atoms with Gasteiger partial charge in [-0.15, -0.1) is 0 Å². The van der Waals surface area contributed by atoms with Crippen LogP contribution in [0.4, 0.5) is 0 Å². The van der Waals surface area contributed by atoms with Crippen molar-refractivity contribution in [1.82, 2.24) is 0 Å². The van der Waals surface area contributed by atoms with Crippen molar-refractivity contribution in [3.8, 4) is 0 Å². The first-order chi connectivity index (χ1) is 7.75. The average Bonchev–Trinajstić information content (AvgIpc) is 2.73. The maximum absolute atomic E-state index is 11.0. The van der Waals surface area contributed by atoms with Crippen LogP contribution >= 0.6 is 0 Å². The summed E-state index contributed by atoms with van der Waals surface area (Å²) >= 11 is 0. The van der Waals surface area contributed by atoms with Gasteiger partial charge in [-0.3, -0.25) is 4.79 Å². The second-order valence-electron chi connectivity index (χ2n) is 3.68. The molecule has 0 saturated heterocycles. The Morgan fingerprint density at radius 2 is 1.81 bits per heavy atom. The van der Waals surface area contributed by atoms with Gasteiger partial charge in [-0.25, -0.2) is 0 Å². The summed E-state index contributed by atoms with van der Waals surface area (Å²) in [6.07, 6.45) is 0. The second-order valence-corrected chi connectivity index (χ2v) is 3.68. The highest BCUT2D eigenvalue weighted by Gasteiger charge is 2.10. The smallest absolute Gasteiger partial charge is 0.284 e. The molecule has 0 aliphatic heterocycles. The van der Waals surface area contributed by atoms with Crippen LogP contribution in [-0.4, -0.2) is 5.91 Å². The van der Waals surface area contributed by atoms with E-state index in [0.29, 0.717) is 5.58 Å². The molecule has 1 amide bonds. The molecule has 2 aromatic carbocycles. The molecule has 3 heteroatoms. The van der Waals surface area contributed by atoms with E-state index in [9.17, 15) is 4.79 Å². The van der Waals surface area contributed by atoms with Crippen LogP contribution in [0.25, 0.3) is 21.7 Å². The minimum Gasteiger partial charge on any atom is -0.450 e. The lowest BCUT2D eigenvalue weighted by Gasteiger charge is -1.96. The number of hydrogen-bond acceptors (Lipinski definition) is 2. The van der Waals surface area contributed by atoms with Gasteiger partial charge in [-0.05, 0) is 11.5 Å². The van der Waals surface area contributed by atoms with Gasteiger partial charge in [0.25, 0.3) is 5.91 Å². The zero-order chi connectivity index (χ0) is 11.1. The Balaban J connectivity index is 2.46. The highest BCUT2D eigenvalue weighted by atomic mass is 16.3. The molecular weight excluding hydrogens is 202 g/mol. The first-order valence-corrected chi connectivity index (χ1v) is 4.97. The third kappa shape index (κ3) is 1.18. The van der Waals surface area contributed by atoms with E-state index in [1.807, 2.05) is 36.4 Å². The summed E-state index contributed by atoms with van der Waals surface area (Å²) < 4.78 is 5.47. The lowest BCUT2D eigenvalue weighted by molar-refractivity contribution is 0.0976. The Morgan fingerprint density at radius 1 is 1.06 bits per heavy atom. The molecule has 78 valence electrons. The molecule has 0 unspecified atom stereocenters. The Morgan fingerprint density at radius 3 is 2.62 bits per heavy atom. The number of furan rings is 1. The molecule has 0 fully saturated rings. The summed E-state index contributed by atoms with van der Waals surface area (Å²) in [6.45, 7) is 0. The number of fused-ring (bicyclic) bond motifs is 3. The maximum Gasteiger partial charge on any atom is 0.284 e. The van der Waals surface area contributed by atoms with Crippen molar-refractivity contribution in [3.63, 3.8) is 0 Å². The Hall–Kier alpha value is -2.29. The molecule has 0 spiro atoms. The number of carbonyl (C=O) groups excluding carboxylic acids is 1. The molecule has 3 rings (SSSR count). The number of primary amides is 1. The van der Waals surface area contributed by atoms with Crippen molar-refractivity contribution in [2.75, 3.05) is 0 Å². The third-order valence-electron chi connectivity index (χ3n) is 2.65. The van der Waals surface area contributed by atoms with Crippen molar-refractivity contribution >= 4 is 27.6 Å². The predicted molar refractivity (Wildman–Crippen MR) is 62.2 cm³/mol. The van der Waals surface area contributed by atoms with Gasteiger partial charge in [0.15, 0.2) is 5.76 Å². The number of hydrogen-bond donors (Lipinski definition) is 1. The van der Waals surface area contributed by atoms with Crippen LogP contribution < -0.4 is 5.73 Å². The molecule has 16 heavy (non-hydrogen) atoms. The molecule has 3 aromatic rings. The standard InChI is InChI=1S/C13H9NO2/c14-13(15)11-7-9-6-5-8-3-1-2-4-10(8)12(9)16-11/h1-7H,(H2,14,15). The fourth-order valence-corrected chi connectivity index (χ4v) is 1.89. The molecular formula is C13H9NO2. The van der Waals surface area contributed by atoms with Crippen molar-refractivity contribution < 1.29 is 9.21 Å². The normalized spacial score (nSPS) is 11.0. The van der Waals surface area contributed by atoms with Crippen LogP contribution in [0.1, 0.15) is 10.6 Å². The summed E-state index contributed by atoms with van der Waals surface area (Å²) in [5.74, 6) is -0.341. The predicted octanol–water partition coefficient (Wildman–Crippen LogP) is 2.68. The number of amides is 1. The topological polar surface area (TPSA) is 56.2 Å². The quantitative estimate of drug-likeness (QED) is 0.672. The summed E-state index contributed by atoms with van der Waals surface area (Å²) in [4.78, 5) is 11.0. The van der Waals surface area contributed by atoms with E-state index in [2.05, 4.69) is 0 Å². The van der Waals surface area contributed by atoms with Gasteiger partial charge in [-0.1, -0.05) is 36.4 Å². The lowest BCUT2D eigenvalue weighted by atomic mass is 10.1. The minimum absolute atomic E-state index is 0.200. The summed E-state index contributed by atoms with van der Waals surface area (Å²) in [5, 5.41) is 2.97. The number of rotatable bonds is 1. The van der Waals surface area contributed by atoms with E-state index in [0.717, 1.165) is 16.2 Å². The molecule has 1 aromatic heterocycles. The Kier molecular flexibility index (Phi) is 1.74. The van der Waals surface area contributed by atoms with Crippen molar-refractivity contribution in [2.24, 2.45) is 5.73 Å². The van der Waals surface area contributed by atoms with E-state index in [4.69, 9.17) is 10.2 Å². The maximum atomic E-state index is 11.0. The molecule has 0 aliphatic carbocycles. The van der Waals surface area contributed by atoms with Crippen molar-refractivity contribution in [3.05, 3.63) is 48.2 Å². The van der Waals surface area contributed by atoms with E-state index >= 15 is 0 Å². The summed E-state index contributed by atoms with van der Waals surface area (Å²) in [6, 6.07) is 13.5. The molecule has 3 nitrogen and oxygen atoms in total. The van der Waals surface area contributed by atoms with Crippen molar-refractivity contribution in [2.45, 2.75) is 0 Å². The molecule has 0 saturated carbocycles. The third-order valence-corrected chi connectivity index (χ3v) is 2.65. The number of nitrogens with two attached hydrogens (primary N) is 1. The van der Waals surface area contributed by atoms with E-state index in [1.165, 1.54) is 0 Å². The molecule has 0 bridgehead atoms. The highest BCUT2D eigenvalue weighted by molar-refractivity contribution is 6.06. The fourth-order valence-electron chi connectivity index (χ4n) is 1.89. The van der Waals surface area contributed by atoms with Crippen molar-refractivity contribution in [1.29, 1.82) is 0 Å². The average molecular weight is 211 g/mol. The molecule has 2 N–H and O–H groups in total. The summed E-state index contributed by atoms with van der Waals surface area (Å²) in [7, 11) is 0. The molecule has 0 radical (unpaired) electrons. The van der Waals surface area contributed by atoms with Crippen LogP contribution in [0.3, 0.4) is 0 Å². The van der Waals surface area contributed by atoms with Gasteiger partial charge in [-0.2, -0.15) is 0 Å². The zero-order valence-electron chi connectivity index (χ0n) is 8.44. The first kappa shape index (κ1) is 8.97. The van der Waals surface area contributed by atoms with Gasteiger partial charge in [0.2, 0.25) is 0 Å². The molecule has 0 aliphatic rings. The first-order valence-electron chi connectivity index (χ1n) is 4.97. The molecule has 0 atom stereocenters. The Bertz CT molecular complexity index is 697. The van der Waals surface area contributed by atoms with Crippen LogP contribution in [0.5, 0.6) is 0 Å². The van der Waals surface area contributed by atoms with Crippen LogP contribution in [0.15, 0.2) is 46.9 Å². The van der Waals surface area contributed by atoms with Gasteiger partial charge in [0.1, 0.15) is 5.58 Å². The Labute approximate surface area is 91.5 Å². The minimum atomic E-state index is -0.541. The fraction of sp³-hybridized carbons (Fsp3) is 0. The van der Waals surface area contributed by atoms with Crippen LogP contribution in [-0.2, 0) is 0 Å². The zero-order valence-corrected chi connectivity index (χ0v) is 8.44. The second kappa shape index (κ2) is 3.10. The molecule has 1 heterocycles. The monoisotopic (exact) mass is 211 g/mol. The van der Waals surface area contributed by atoms with Gasteiger partial charge >= 0.3 is 0 Å². The summed E-state index contributed by atoms with van der Waals surface area (Å²) in [5.41, 5.74) is 5.90. The van der Waals surface area contributed by atoms with E-state index in [-0.39, 0.29) is 5.76 Å². The van der Waals surface area contributed by atoms with E-state index in [1.54, 1.807) is 6.07 Å². The lowest BCUT2D eigenvalue weighted by Crippen LogP contribution is -2.08. The largest absolute Gasteiger partial charge is 0.450 e. The number of carbonyl (C=O) groups is 1.